The first kappa shape index (κ1) is 11.9. The summed E-state index contributed by atoms with van der Waals surface area (Å²) in [6.45, 7) is 3.35. The highest BCUT2D eigenvalue weighted by atomic mass is 32.1. The number of methoxy groups -OCH3 is 1. The van der Waals surface area contributed by atoms with Crippen LogP contribution in [0.4, 0.5) is 0 Å². The highest BCUT2D eigenvalue weighted by Crippen LogP contribution is 2.12. The molecule has 1 heterocycles. The number of nitrogens with zero attached hydrogens (tertiary/aromatic N) is 1. The van der Waals surface area contributed by atoms with Gasteiger partial charge in [-0.3, -0.25) is 0 Å². The predicted octanol–water partition coefficient (Wildman–Crippen LogP) is 1.16. The molecule has 14 heavy (non-hydrogen) atoms. The van der Waals surface area contributed by atoms with Gasteiger partial charge in [0.1, 0.15) is 0 Å². The van der Waals surface area contributed by atoms with E-state index in [2.05, 4.69) is 4.90 Å². The van der Waals surface area contributed by atoms with Crippen molar-refractivity contribution in [3.63, 3.8) is 0 Å². The molecule has 1 aliphatic heterocycles. The van der Waals surface area contributed by atoms with Gasteiger partial charge in [-0.15, -0.1) is 0 Å². The van der Waals surface area contributed by atoms with Crippen LogP contribution in [0, 0.1) is 0 Å². The zero-order chi connectivity index (χ0) is 10.4. The number of nitrogens with two attached hydrogens (primary N) is 1. The first-order valence-electron chi connectivity index (χ1n) is 5.26. The molecule has 0 aliphatic carbocycles. The van der Waals surface area contributed by atoms with Gasteiger partial charge in [0, 0.05) is 13.7 Å². The first-order valence-corrected chi connectivity index (χ1v) is 5.66. The minimum Gasteiger partial charge on any atom is -0.393 e. The second kappa shape index (κ2) is 6.32. The monoisotopic (exact) mass is 216 g/mol. The van der Waals surface area contributed by atoms with Gasteiger partial charge in [-0.05, 0) is 38.8 Å². The molecule has 4 heteroatoms. The summed E-state index contributed by atoms with van der Waals surface area (Å²) in [4.78, 5) is 3.07. The van der Waals surface area contributed by atoms with Crippen molar-refractivity contribution < 1.29 is 4.74 Å². The summed E-state index contributed by atoms with van der Waals surface area (Å²) < 4.78 is 5.36. The van der Waals surface area contributed by atoms with Gasteiger partial charge in [0.15, 0.2) is 0 Å². The van der Waals surface area contributed by atoms with Gasteiger partial charge in [-0.2, -0.15) is 0 Å². The minimum absolute atomic E-state index is 0.425. The molecule has 1 fully saturated rings. The lowest BCUT2D eigenvalue weighted by molar-refractivity contribution is 0.0313. The molecule has 3 nitrogen and oxygen atoms in total. The molecule has 0 saturated carbocycles. The summed E-state index contributed by atoms with van der Waals surface area (Å²) in [6, 6.07) is 0. The van der Waals surface area contributed by atoms with Crippen LogP contribution in [0.1, 0.15) is 25.7 Å². The molecule has 0 aromatic heterocycles. The van der Waals surface area contributed by atoms with Crippen molar-refractivity contribution in [1.29, 1.82) is 0 Å². The van der Waals surface area contributed by atoms with E-state index in [-0.39, 0.29) is 0 Å². The molecule has 1 saturated heterocycles. The fraction of sp³-hybridized carbons (Fsp3) is 0.900. The number of rotatable bonds is 5. The summed E-state index contributed by atoms with van der Waals surface area (Å²) in [5, 5.41) is 0. The maximum Gasteiger partial charge on any atom is 0.0727 e. The Kier molecular flexibility index (Phi) is 5.37. The zero-order valence-corrected chi connectivity index (χ0v) is 9.68. The first-order chi connectivity index (χ1) is 6.72. The van der Waals surface area contributed by atoms with Crippen molar-refractivity contribution in [2.45, 2.75) is 31.8 Å². The lowest BCUT2D eigenvalue weighted by atomic mass is 10.1. The standard InChI is InChI=1S/C10H20N2OS/c1-13-9-4-2-6-12(8-9)7-3-5-10(11)14/h9H,2-8H2,1H3,(H2,11,14). The van der Waals surface area contributed by atoms with E-state index < -0.39 is 0 Å². The van der Waals surface area contributed by atoms with Crippen molar-refractivity contribution in [2.24, 2.45) is 5.73 Å². The van der Waals surface area contributed by atoms with E-state index in [1.807, 2.05) is 0 Å². The maximum absolute atomic E-state index is 5.45. The Morgan fingerprint density at radius 1 is 1.64 bits per heavy atom. The molecule has 1 unspecified atom stereocenters. The molecule has 2 N–H and O–H groups in total. The van der Waals surface area contributed by atoms with Crippen LogP contribution in [0.15, 0.2) is 0 Å². The third kappa shape index (κ3) is 4.35. The maximum atomic E-state index is 5.45. The number of piperidine rings is 1. The Hall–Kier alpha value is -0.190. The molecular weight excluding hydrogens is 196 g/mol. The van der Waals surface area contributed by atoms with Gasteiger partial charge < -0.3 is 15.4 Å². The van der Waals surface area contributed by atoms with E-state index in [1.54, 1.807) is 7.11 Å². The zero-order valence-electron chi connectivity index (χ0n) is 8.87. The van der Waals surface area contributed by atoms with Crippen molar-refractivity contribution in [1.82, 2.24) is 4.90 Å². The van der Waals surface area contributed by atoms with Crippen molar-refractivity contribution in [3.8, 4) is 0 Å². The number of hydrogen-bond acceptors (Lipinski definition) is 3. The van der Waals surface area contributed by atoms with E-state index in [1.165, 1.54) is 19.4 Å². The van der Waals surface area contributed by atoms with Gasteiger partial charge in [0.05, 0.1) is 11.1 Å². The average Bonchev–Trinajstić information content (AvgIpc) is 2.18. The van der Waals surface area contributed by atoms with Gasteiger partial charge in [0.2, 0.25) is 0 Å². The van der Waals surface area contributed by atoms with E-state index >= 15 is 0 Å². The van der Waals surface area contributed by atoms with Gasteiger partial charge in [0.25, 0.3) is 0 Å². The normalized spacial score (nSPS) is 23.6. The van der Waals surface area contributed by atoms with Crippen LogP contribution >= 0.6 is 12.2 Å². The topological polar surface area (TPSA) is 38.5 Å². The molecular formula is C10H20N2OS. The van der Waals surface area contributed by atoms with Crippen LogP contribution in [0.2, 0.25) is 0 Å². The van der Waals surface area contributed by atoms with Crippen LogP contribution in [0.5, 0.6) is 0 Å². The molecule has 0 bridgehead atoms. The molecule has 1 atom stereocenters. The largest absolute Gasteiger partial charge is 0.393 e. The Morgan fingerprint density at radius 3 is 3.07 bits per heavy atom. The fourth-order valence-corrected chi connectivity index (χ4v) is 2.03. The number of hydrogen-bond donors (Lipinski definition) is 1. The summed E-state index contributed by atoms with van der Waals surface area (Å²) in [5.74, 6) is 0. The van der Waals surface area contributed by atoms with E-state index in [0.29, 0.717) is 11.1 Å². The summed E-state index contributed by atoms with van der Waals surface area (Å²) >= 11 is 4.84. The van der Waals surface area contributed by atoms with Crippen LogP contribution in [-0.2, 0) is 4.74 Å². The lowest BCUT2D eigenvalue weighted by Crippen LogP contribution is -2.39. The molecule has 0 amide bonds. The highest BCUT2D eigenvalue weighted by Gasteiger charge is 2.18. The number of ether oxygens (including phenoxy) is 1. The van der Waals surface area contributed by atoms with Crippen LogP contribution in [0.25, 0.3) is 0 Å². The molecule has 0 aromatic rings. The smallest absolute Gasteiger partial charge is 0.0727 e. The van der Waals surface area contributed by atoms with Crippen molar-refractivity contribution >= 4 is 17.2 Å². The van der Waals surface area contributed by atoms with Gasteiger partial charge in [-0.25, -0.2) is 0 Å². The molecule has 1 aliphatic rings. The number of thiocarbonyl (C=S) groups is 1. The quantitative estimate of drug-likeness (QED) is 0.700. The van der Waals surface area contributed by atoms with E-state index in [9.17, 15) is 0 Å². The van der Waals surface area contributed by atoms with Gasteiger partial charge in [-0.1, -0.05) is 12.2 Å². The predicted molar refractivity (Wildman–Crippen MR) is 62.5 cm³/mol. The molecule has 0 radical (unpaired) electrons. The Labute approximate surface area is 91.6 Å². The summed E-state index contributed by atoms with van der Waals surface area (Å²) in [6.07, 6.45) is 4.80. The van der Waals surface area contributed by atoms with Crippen LogP contribution in [0.3, 0.4) is 0 Å². The van der Waals surface area contributed by atoms with Gasteiger partial charge >= 0.3 is 0 Å². The average molecular weight is 216 g/mol. The second-order valence-corrected chi connectivity index (χ2v) is 4.39. The molecule has 82 valence electrons. The van der Waals surface area contributed by atoms with Crippen molar-refractivity contribution in [3.05, 3.63) is 0 Å². The minimum atomic E-state index is 0.425. The Balaban J connectivity index is 2.14. The van der Waals surface area contributed by atoms with Crippen molar-refractivity contribution in [2.75, 3.05) is 26.7 Å². The lowest BCUT2D eigenvalue weighted by Gasteiger charge is -2.31. The van der Waals surface area contributed by atoms with Crippen LogP contribution in [-0.4, -0.2) is 42.7 Å². The molecule has 1 rings (SSSR count). The highest BCUT2D eigenvalue weighted by molar-refractivity contribution is 7.80. The molecule has 0 spiro atoms. The van der Waals surface area contributed by atoms with E-state index in [4.69, 9.17) is 22.7 Å². The Bertz CT molecular complexity index is 187. The summed E-state index contributed by atoms with van der Waals surface area (Å²) in [7, 11) is 1.79. The van der Waals surface area contributed by atoms with Crippen LogP contribution < -0.4 is 5.73 Å². The Morgan fingerprint density at radius 2 is 2.43 bits per heavy atom. The van der Waals surface area contributed by atoms with E-state index in [0.717, 1.165) is 25.9 Å². The number of likely N-dealkylation sites (tertiary alicyclic amines) is 1. The second-order valence-electron chi connectivity index (χ2n) is 3.87. The SMILES string of the molecule is COC1CCCN(CCCC(N)=S)C1. The third-order valence-corrected chi connectivity index (χ3v) is 2.90. The molecule has 0 aromatic carbocycles. The summed E-state index contributed by atoms with van der Waals surface area (Å²) in [5.41, 5.74) is 5.45. The third-order valence-electron chi connectivity index (χ3n) is 2.69. The fourth-order valence-electron chi connectivity index (χ4n) is 1.89.